The summed E-state index contributed by atoms with van der Waals surface area (Å²) in [6, 6.07) is 18.1. The van der Waals surface area contributed by atoms with Gasteiger partial charge in [0.2, 0.25) is 5.91 Å². The summed E-state index contributed by atoms with van der Waals surface area (Å²) in [6.07, 6.45) is 0.873. The van der Waals surface area contributed by atoms with Gasteiger partial charge in [0, 0.05) is 48.8 Å². The third kappa shape index (κ3) is 6.65. The molecule has 0 spiro atoms. The monoisotopic (exact) mass is 472 g/mol. The summed E-state index contributed by atoms with van der Waals surface area (Å²) >= 11 is 3.34. The van der Waals surface area contributed by atoms with Gasteiger partial charge in [-0.05, 0) is 37.2 Å². The number of hydrogen-bond acceptors (Lipinski definition) is 4. The summed E-state index contributed by atoms with van der Waals surface area (Å²) < 4.78 is 0.831. The third-order valence-electron chi connectivity index (χ3n) is 5.32. The SMILES string of the molecule is CN1CCN(CCCNC(=O)CNC(=O)c2cccc(Br)c2)C(c2ccccc2)C1. The molecule has 0 aliphatic carbocycles. The fourth-order valence-corrected chi connectivity index (χ4v) is 4.08. The second kappa shape index (κ2) is 11.2. The molecular weight excluding hydrogens is 444 g/mol. The molecule has 0 aromatic heterocycles. The number of halogens is 1. The standard InChI is InChI=1S/C23H29BrN4O2/c1-27-13-14-28(21(17-27)18-7-3-2-4-8-18)12-6-11-25-22(29)16-26-23(30)19-9-5-10-20(24)15-19/h2-5,7-10,15,21H,6,11-14,16-17H2,1H3,(H,25,29)(H,26,30). The van der Waals surface area contributed by atoms with E-state index in [-0.39, 0.29) is 18.4 Å². The maximum absolute atomic E-state index is 12.1. The van der Waals surface area contributed by atoms with E-state index in [1.165, 1.54) is 5.56 Å². The summed E-state index contributed by atoms with van der Waals surface area (Å²) in [5, 5.41) is 5.57. The lowest BCUT2D eigenvalue weighted by Crippen LogP contribution is -2.47. The quantitative estimate of drug-likeness (QED) is 0.579. The molecule has 1 saturated heterocycles. The molecule has 7 heteroatoms. The van der Waals surface area contributed by atoms with E-state index in [1.54, 1.807) is 18.2 Å². The van der Waals surface area contributed by atoms with E-state index in [0.29, 0.717) is 18.2 Å². The molecule has 1 unspecified atom stereocenters. The van der Waals surface area contributed by atoms with Crippen molar-refractivity contribution in [1.82, 2.24) is 20.4 Å². The van der Waals surface area contributed by atoms with Gasteiger partial charge in [-0.3, -0.25) is 14.5 Å². The van der Waals surface area contributed by atoms with Crippen LogP contribution < -0.4 is 10.6 Å². The zero-order valence-electron chi connectivity index (χ0n) is 17.3. The number of nitrogens with one attached hydrogen (secondary N) is 2. The van der Waals surface area contributed by atoms with Crippen molar-refractivity contribution < 1.29 is 9.59 Å². The Bertz CT molecular complexity index is 846. The Balaban J connectivity index is 1.39. The molecule has 1 fully saturated rings. The van der Waals surface area contributed by atoms with Gasteiger partial charge < -0.3 is 15.5 Å². The van der Waals surface area contributed by atoms with Crippen LogP contribution in [0.25, 0.3) is 0 Å². The minimum Gasteiger partial charge on any atom is -0.355 e. The van der Waals surface area contributed by atoms with Crippen LogP contribution >= 0.6 is 15.9 Å². The summed E-state index contributed by atoms with van der Waals surface area (Å²) in [7, 11) is 2.16. The molecule has 3 rings (SSSR count). The molecule has 0 radical (unpaired) electrons. The van der Waals surface area contributed by atoms with E-state index in [9.17, 15) is 9.59 Å². The van der Waals surface area contributed by atoms with Crippen molar-refractivity contribution >= 4 is 27.7 Å². The molecule has 0 saturated carbocycles. The summed E-state index contributed by atoms with van der Waals surface area (Å²) in [4.78, 5) is 29.0. The van der Waals surface area contributed by atoms with Gasteiger partial charge >= 0.3 is 0 Å². The second-order valence-electron chi connectivity index (χ2n) is 7.62. The Hall–Kier alpha value is -2.22. The van der Waals surface area contributed by atoms with E-state index in [1.807, 2.05) is 12.1 Å². The van der Waals surface area contributed by atoms with Crippen molar-refractivity contribution in [1.29, 1.82) is 0 Å². The van der Waals surface area contributed by atoms with E-state index in [0.717, 1.165) is 37.1 Å². The molecule has 1 heterocycles. The molecule has 160 valence electrons. The Morgan fingerprint density at radius 3 is 2.63 bits per heavy atom. The van der Waals surface area contributed by atoms with Crippen LogP contribution in [-0.2, 0) is 4.79 Å². The first-order valence-corrected chi connectivity index (χ1v) is 11.1. The predicted octanol–water partition coefficient (Wildman–Crippen LogP) is 2.67. The van der Waals surface area contributed by atoms with E-state index in [4.69, 9.17) is 0 Å². The molecule has 2 aromatic rings. The topological polar surface area (TPSA) is 64.7 Å². The number of rotatable bonds is 8. The fourth-order valence-electron chi connectivity index (χ4n) is 3.68. The lowest BCUT2D eigenvalue weighted by Gasteiger charge is -2.40. The lowest BCUT2D eigenvalue weighted by atomic mass is 10.0. The van der Waals surface area contributed by atoms with Gasteiger partial charge in [-0.2, -0.15) is 0 Å². The Labute approximate surface area is 186 Å². The summed E-state index contributed by atoms with van der Waals surface area (Å²) in [6.45, 7) is 4.59. The fraction of sp³-hybridized carbons (Fsp3) is 0.391. The van der Waals surface area contributed by atoms with Crippen molar-refractivity contribution in [3.05, 3.63) is 70.2 Å². The Morgan fingerprint density at radius 2 is 1.87 bits per heavy atom. The van der Waals surface area contributed by atoms with E-state index in [2.05, 4.69) is 67.7 Å². The van der Waals surface area contributed by atoms with Crippen LogP contribution in [0.5, 0.6) is 0 Å². The second-order valence-corrected chi connectivity index (χ2v) is 8.54. The predicted molar refractivity (Wildman–Crippen MR) is 122 cm³/mol. The smallest absolute Gasteiger partial charge is 0.251 e. The zero-order chi connectivity index (χ0) is 21.3. The zero-order valence-corrected chi connectivity index (χ0v) is 18.9. The van der Waals surface area contributed by atoms with Crippen LogP contribution in [0, 0.1) is 0 Å². The summed E-state index contributed by atoms with van der Waals surface area (Å²) in [5.41, 5.74) is 1.86. The van der Waals surface area contributed by atoms with Crippen molar-refractivity contribution in [2.45, 2.75) is 12.5 Å². The van der Waals surface area contributed by atoms with Crippen LogP contribution in [-0.4, -0.2) is 67.9 Å². The van der Waals surface area contributed by atoms with Gasteiger partial charge in [-0.25, -0.2) is 0 Å². The first-order chi connectivity index (χ1) is 14.5. The van der Waals surface area contributed by atoms with Gasteiger partial charge in [0.1, 0.15) is 0 Å². The van der Waals surface area contributed by atoms with Crippen molar-refractivity contribution in [3.63, 3.8) is 0 Å². The molecule has 1 aliphatic heterocycles. The van der Waals surface area contributed by atoms with Gasteiger partial charge in [-0.15, -0.1) is 0 Å². The molecule has 6 nitrogen and oxygen atoms in total. The van der Waals surface area contributed by atoms with Crippen LogP contribution in [0.1, 0.15) is 28.4 Å². The molecule has 2 aromatic carbocycles. The van der Waals surface area contributed by atoms with Gasteiger partial charge in [-0.1, -0.05) is 52.3 Å². The molecule has 1 aliphatic rings. The molecule has 30 heavy (non-hydrogen) atoms. The maximum Gasteiger partial charge on any atom is 0.251 e. The Kier molecular flexibility index (Phi) is 8.42. The number of piperazine rings is 1. The average Bonchev–Trinajstić information content (AvgIpc) is 2.76. The number of carbonyl (C=O) groups excluding carboxylic acids is 2. The van der Waals surface area contributed by atoms with Crippen LogP contribution in [0.4, 0.5) is 0 Å². The number of benzene rings is 2. The summed E-state index contributed by atoms with van der Waals surface area (Å²) in [5.74, 6) is -0.425. The Morgan fingerprint density at radius 1 is 1.07 bits per heavy atom. The minimum atomic E-state index is -0.255. The van der Waals surface area contributed by atoms with Gasteiger partial charge in [0.15, 0.2) is 0 Å². The average molecular weight is 473 g/mol. The molecule has 2 amide bonds. The third-order valence-corrected chi connectivity index (χ3v) is 5.81. The number of amides is 2. The highest BCUT2D eigenvalue weighted by molar-refractivity contribution is 9.10. The highest BCUT2D eigenvalue weighted by Crippen LogP contribution is 2.24. The van der Waals surface area contributed by atoms with Gasteiger partial charge in [0.25, 0.3) is 5.91 Å². The van der Waals surface area contributed by atoms with Gasteiger partial charge in [0.05, 0.1) is 6.54 Å². The molecule has 1 atom stereocenters. The highest BCUT2D eigenvalue weighted by atomic mass is 79.9. The van der Waals surface area contributed by atoms with E-state index >= 15 is 0 Å². The molecule has 0 bridgehead atoms. The largest absolute Gasteiger partial charge is 0.355 e. The first kappa shape index (κ1) is 22.5. The number of hydrogen-bond donors (Lipinski definition) is 2. The van der Waals surface area contributed by atoms with Crippen LogP contribution in [0.2, 0.25) is 0 Å². The normalized spacial score (nSPS) is 17.5. The number of likely N-dealkylation sites (N-methyl/N-ethyl adjacent to an activating group) is 1. The minimum absolute atomic E-state index is 0.0213. The highest BCUT2D eigenvalue weighted by Gasteiger charge is 2.25. The number of nitrogens with zero attached hydrogens (tertiary/aromatic N) is 2. The van der Waals surface area contributed by atoms with Crippen molar-refractivity contribution in [3.8, 4) is 0 Å². The molecule has 2 N–H and O–H groups in total. The van der Waals surface area contributed by atoms with Crippen LogP contribution in [0.15, 0.2) is 59.1 Å². The van der Waals surface area contributed by atoms with Crippen LogP contribution in [0.3, 0.4) is 0 Å². The van der Waals surface area contributed by atoms with E-state index < -0.39 is 0 Å². The number of carbonyl (C=O) groups is 2. The van der Waals surface area contributed by atoms with Crippen molar-refractivity contribution in [2.75, 3.05) is 46.3 Å². The first-order valence-electron chi connectivity index (χ1n) is 10.3. The lowest BCUT2D eigenvalue weighted by molar-refractivity contribution is -0.120. The van der Waals surface area contributed by atoms with Crippen molar-refractivity contribution in [2.24, 2.45) is 0 Å². The molecular formula is C23H29BrN4O2. The maximum atomic E-state index is 12.1.